The fraction of sp³-hybridized carbons (Fsp3) is 0.357. The molecule has 1 atom stereocenters. The Labute approximate surface area is 112 Å². The molecule has 19 heavy (non-hydrogen) atoms. The third-order valence-corrected chi connectivity index (χ3v) is 2.49. The van der Waals surface area contributed by atoms with Crippen molar-refractivity contribution >= 4 is 17.5 Å². The standard InChI is InChI=1S/C14H17N3O2/c1-10(2)19-14(18)12(9-15)13(16)17(3)11-7-5-4-6-8-11/h4-8,10,12,16H,1-3H3. The molecule has 0 aromatic heterocycles. The van der Waals surface area contributed by atoms with E-state index in [4.69, 9.17) is 15.4 Å². The van der Waals surface area contributed by atoms with Gasteiger partial charge in [0.1, 0.15) is 5.84 Å². The van der Waals surface area contributed by atoms with Gasteiger partial charge in [-0.3, -0.25) is 10.2 Å². The number of benzene rings is 1. The van der Waals surface area contributed by atoms with Gasteiger partial charge in [0.05, 0.1) is 12.2 Å². The maximum Gasteiger partial charge on any atom is 0.331 e. The molecule has 0 aliphatic heterocycles. The molecule has 1 N–H and O–H groups in total. The Bertz CT molecular complexity index is 491. The van der Waals surface area contributed by atoms with Crippen molar-refractivity contribution in [1.82, 2.24) is 0 Å². The smallest absolute Gasteiger partial charge is 0.331 e. The van der Waals surface area contributed by atoms with Crippen LogP contribution in [0.4, 0.5) is 5.69 Å². The highest BCUT2D eigenvalue weighted by atomic mass is 16.5. The molecule has 1 rings (SSSR count). The Balaban J connectivity index is 2.86. The van der Waals surface area contributed by atoms with E-state index in [9.17, 15) is 4.79 Å². The van der Waals surface area contributed by atoms with E-state index < -0.39 is 11.9 Å². The van der Waals surface area contributed by atoms with Gasteiger partial charge in [0.15, 0.2) is 0 Å². The molecule has 0 aliphatic carbocycles. The number of para-hydroxylation sites is 1. The molecule has 0 fully saturated rings. The normalized spacial score (nSPS) is 11.5. The lowest BCUT2D eigenvalue weighted by Crippen LogP contribution is -2.37. The van der Waals surface area contributed by atoms with Crippen LogP contribution in [0, 0.1) is 22.7 Å². The summed E-state index contributed by atoms with van der Waals surface area (Å²) in [6.45, 7) is 3.41. The van der Waals surface area contributed by atoms with E-state index in [1.54, 1.807) is 33.0 Å². The van der Waals surface area contributed by atoms with Crippen LogP contribution in [0.3, 0.4) is 0 Å². The molecule has 0 amide bonds. The first kappa shape index (κ1) is 14.7. The third kappa shape index (κ3) is 3.81. The van der Waals surface area contributed by atoms with Gasteiger partial charge < -0.3 is 9.64 Å². The van der Waals surface area contributed by atoms with Crippen molar-refractivity contribution in [2.24, 2.45) is 5.92 Å². The Morgan fingerprint density at radius 1 is 1.37 bits per heavy atom. The summed E-state index contributed by atoms with van der Waals surface area (Å²) in [4.78, 5) is 13.2. The summed E-state index contributed by atoms with van der Waals surface area (Å²) < 4.78 is 4.98. The number of anilines is 1. The highest BCUT2D eigenvalue weighted by molar-refractivity contribution is 6.09. The summed E-state index contributed by atoms with van der Waals surface area (Å²) >= 11 is 0. The minimum absolute atomic E-state index is 0.0978. The second-order valence-corrected chi connectivity index (χ2v) is 4.33. The van der Waals surface area contributed by atoms with Gasteiger partial charge in [-0.05, 0) is 26.0 Å². The molecule has 1 aromatic carbocycles. The summed E-state index contributed by atoms with van der Waals surface area (Å²) in [6, 6.07) is 10.9. The van der Waals surface area contributed by atoms with Crippen molar-refractivity contribution in [2.75, 3.05) is 11.9 Å². The van der Waals surface area contributed by atoms with E-state index in [1.807, 2.05) is 24.3 Å². The molecule has 1 unspecified atom stereocenters. The topological polar surface area (TPSA) is 77.2 Å². The minimum atomic E-state index is -1.22. The van der Waals surface area contributed by atoms with Crippen molar-refractivity contribution < 1.29 is 9.53 Å². The maximum absolute atomic E-state index is 11.7. The zero-order valence-electron chi connectivity index (χ0n) is 11.3. The van der Waals surface area contributed by atoms with E-state index in [0.29, 0.717) is 0 Å². The van der Waals surface area contributed by atoms with Crippen LogP contribution in [0.25, 0.3) is 0 Å². The number of nitrogens with zero attached hydrogens (tertiary/aromatic N) is 2. The fourth-order valence-electron chi connectivity index (χ4n) is 1.51. The second-order valence-electron chi connectivity index (χ2n) is 4.33. The number of hydrogen-bond donors (Lipinski definition) is 1. The van der Waals surface area contributed by atoms with Crippen molar-refractivity contribution in [3.05, 3.63) is 30.3 Å². The Hall–Kier alpha value is -2.35. The first-order chi connectivity index (χ1) is 8.97. The molecule has 0 spiro atoms. The number of esters is 1. The van der Waals surface area contributed by atoms with E-state index in [2.05, 4.69) is 0 Å². The average Bonchev–Trinajstić information content (AvgIpc) is 2.38. The zero-order chi connectivity index (χ0) is 14.4. The monoisotopic (exact) mass is 259 g/mol. The lowest BCUT2D eigenvalue weighted by molar-refractivity contribution is -0.148. The van der Waals surface area contributed by atoms with Crippen molar-refractivity contribution in [2.45, 2.75) is 20.0 Å². The minimum Gasteiger partial charge on any atom is -0.462 e. The fourth-order valence-corrected chi connectivity index (χ4v) is 1.51. The molecule has 0 heterocycles. The largest absolute Gasteiger partial charge is 0.462 e. The number of carbonyl (C=O) groups excluding carboxylic acids is 1. The van der Waals surface area contributed by atoms with Crippen LogP contribution in [0.15, 0.2) is 30.3 Å². The Morgan fingerprint density at radius 3 is 2.42 bits per heavy atom. The van der Waals surface area contributed by atoms with E-state index in [-0.39, 0.29) is 11.9 Å². The van der Waals surface area contributed by atoms with Crippen LogP contribution in [-0.4, -0.2) is 25.0 Å². The van der Waals surface area contributed by atoms with E-state index in [1.165, 1.54) is 4.90 Å². The molecule has 100 valence electrons. The van der Waals surface area contributed by atoms with Gasteiger partial charge in [-0.1, -0.05) is 18.2 Å². The Kier molecular flexibility index (Phi) is 5.07. The van der Waals surface area contributed by atoms with Crippen LogP contribution in [-0.2, 0) is 9.53 Å². The highest BCUT2D eigenvalue weighted by Gasteiger charge is 2.28. The van der Waals surface area contributed by atoms with Gasteiger partial charge in [-0.15, -0.1) is 0 Å². The summed E-state index contributed by atoms with van der Waals surface area (Å²) in [7, 11) is 1.64. The molecule has 5 nitrogen and oxygen atoms in total. The highest BCUT2D eigenvalue weighted by Crippen LogP contribution is 2.15. The number of carbonyl (C=O) groups is 1. The number of hydrogen-bond acceptors (Lipinski definition) is 4. The molecule has 1 aromatic rings. The number of ether oxygens (including phenoxy) is 1. The molecule has 0 bridgehead atoms. The predicted molar refractivity (Wildman–Crippen MR) is 72.9 cm³/mol. The second kappa shape index (κ2) is 6.55. The quantitative estimate of drug-likeness (QED) is 0.511. The van der Waals surface area contributed by atoms with Crippen molar-refractivity contribution in [3.8, 4) is 6.07 Å². The zero-order valence-corrected chi connectivity index (χ0v) is 11.3. The molecule has 5 heteroatoms. The van der Waals surface area contributed by atoms with Crippen LogP contribution < -0.4 is 4.90 Å². The van der Waals surface area contributed by atoms with Gasteiger partial charge in [-0.25, -0.2) is 0 Å². The van der Waals surface area contributed by atoms with Crippen LogP contribution >= 0.6 is 0 Å². The van der Waals surface area contributed by atoms with Crippen molar-refractivity contribution in [1.29, 1.82) is 10.7 Å². The van der Waals surface area contributed by atoms with Gasteiger partial charge in [-0.2, -0.15) is 5.26 Å². The first-order valence-corrected chi connectivity index (χ1v) is 5.94. The predicted octanol–water partition coefficient (Wildman–Crippen LogP) is 2.19. The lowest BCUT2D eigenvalue weighted by atomic mass is 10.1. The maximum atomic E-state index is 11.7. The number of nitriles is 1. The molecule has 0 saturated heterocycles. The van der Waals surface area contributed by atoms with E-state index >= 15 is 0 Å². The molecule has 0 radical (unpaired) electrons. The van der Waals surface area contributed by atoms with Gasteiger partial charge >= 0.3 is 5.97 Å². The summed E-state index contributed by atoms with van der Waals surface area (Å²) in [5, 5.41) is 17.0. The van der Waals surface area contributed by atoms with Gasteiger partial charge in [0, 0.05) is 12.7 Å². The molecule has 0 aliphatic rings. The van der Waals surface area contributed by atoms with Crippen molar-refractivity contribution in [3.63, 3.8) is 0 Å². The summed E-state index contributed by atoms with van der Waals surface area (Å²) in [5.41, 5.74) is 0.741. The van der Waals surface area contributed by atoms with Gasteiger partial charge in [0.25, 0.3) is 0 Å². The average molecular weight is 259 g/mol. The number of rotatable bonds is 4. The lowest BCUT2D eigenvalue weighted by Gasteiger charge is -2.22. The molecular formula is C14H17N3O2. The van der Waals surface area contributed by atoms with E-state index in [0.717, 1.165) is 5.69 Å². The van der Waals surface area contributed by atoms with Crippen LogP contribution in [0.1, 0.15) is 13.8 Å². The molecular weight excluding hydrogens is 242 g/mol. The molecule has 0 saturated carbocycles. The summed E-state index contributed by atoms with van der Waals surface area (Å²) in [5.74, 6) is -2.00. The Morgan fingerprint density at radius 2 is 1.95 bits per heavy atom. The first-order valence-electron chi connectivity index (χ1n) is 5.94. The van der Waals surface area contributed by atoms with Gasteiger partial charge in [0.2, 0.25) is 5.92 Å². The summed E-state index contributed by atoms with van der Waals surface area (Å²) in [6.07, 6.45) is -0.307. The SMILES string of the molecule is CC(C)OC(=O)C(C#N)C(=N)N(C)c1ccccc1. The van der Waals surface area contributed by atoms with Crippen LogP contribution in [0.5, 0.6) is 0 Å². The number of amidine groups is 1. The third-order valence-electron chi connectivity index (χ3n) is 2.49. The number of nitrogens with one attached hydrogen (secondary N) is 1. The van der Waals surface area contributed by atoms with Crippen LogP contribution in [0.2, 0.25) is 0 Å².